The number of nitrogens with two attached hydrogens (primary N) is 1. The fourth-order valence-electron chi connectivity index (χ4n) is 1.82. The summed E-state index contributed by atoms with van der Waals surface area (Å²) in [5.74, 6) is -0.278. The van der Waals surface area contributed by atoms with Crippen LogP contribution in [-0.2, 0) is 9.47 Å². The molecule has 1 aromatic rings. The molecular formula is C13H17NO3. The third-order valence-electron chi connectivity index (χ3n) is 2.95. The molecule has 1 aromatic carbocycles. The van der Waals surface area contributed by atoms with Crippen LogP contribution in [0, 0.1) is 6.92 Å². The summed E-state index contributed by atoms with van der Waals surface area (Å²) in [6.45, 7) is 3.21. The monoisotopic (exact) mass is 235 g/mol. The molecular weight excluding hydrogens is 218 g/mol. The van der Waals surface area contributed by atoms with E-state index in [-0.39, 0.29) is 12.1 Å². The van der Waals surface area contributed by atoms with E-state index in [9.17, 15) is 4.79 Å². The molecule has 0 amide bonds. The van der Waals surface area contributed by atoms with Crippen LogP contribution in [-0.4, -0.2) is 25.3 Å². The Morgan fingerprint density at radius 3 is 2.76 bits per heavy atom. The molecule has 1 heterocycles. The molecule has 1 aliphatic heterocycles. The van der Waals surface area contributed by atoms with Gasteiger partial charge in [-0.2, -0.15) is 0 Å². The highest BCUT2D eigenvalue weighted by Gasteiger charge is 2.19. The lowest BCUT2D eigenvalue weighted by Gasteiger charge is -2.22. The number of hydrogen-bond donors (Lipinski definition) is 1. The molecule has 2 N–H and O–H groups in total. The number of esters is 1. The molecule has 0 aliphatic carbocycles. The van der Waals surface area contributed by atoms with Gasteiger partial charge in [0, 0.05) is 18.5 Å². The maximum Gasteiger partial charge on any atom is 0.338 e. The van der Waals surface area contributed by atoms with Crippen LogP contribution in [0.3, 0.4) is 0 Å². The Morgan fingerprint density at radius 2 is 2.12 bits per heavy atom. The van der Waals surface area contributed by atoms with Gasteiger partial charge in [0.25, 0.3) is 0 Å². The highest BCUT2D eigenvalue weighted by atomic mass is 16.6. The number of aryl methyl sites for hydroxylation is 1. The lowest BCUT2D eigenvalue weighted by molar-refractivity contribution is -0.0159. The molecule has 0 radical (unpaired) electrons. The van der Waals surface area contributed by atoms with Crippen molar-refractivity contribution in [2.24, 2.45) is 0 Å². The summed E-state index contributed by atoms with van der Waals surface area (Å²) in [6, 6.07) is 5.19. The fourth-order valence-corrected chi connectivity index (χ4v) is 1.82. The molecule has 0 unspecified atom stereocenters. The van der Waals surface area contributed by atoms with Crippen molar-refractivity contribution in [3.05, 3.63) is 29.3 Å². The summed E-state index contributed by atoms with van der Waals surface area (Å²) in [5.41, 5.74) is 7.85. The van der Waals surface area contributed by atoms with Crippen LogP contribution in [0.15, 0.2) is 18.2 Å². The highest BCUT2D eigenvalue weighted by Crippen LogP contribution is 2.16. The van der Waals surface area contributed by atoms with Gasteiger partial charge in [-0.3, -0.25) is 0 Å². The third kappa shape index (κ3) is 2.97. The predicted molar refractivity (Wildman–Crippen MR) is 64.8 cm³/mol. The van der Waals surface area contributed by atoms with Crippen LogP contribution in [0.5, 0.6) is 0 Å². The molecule has 4 heteroatoms. The summed E-state index contributed by atoms with van der Waals surface area (Å²) >= 11 is 0. The first-order valence-electron chi connectivity index (χ1n) is 5.81. The minimum Gasteiger partial charge on any atom is -0.459 e. The van der Waals surface area contributed by atoms with Crippen molar-refractivity contribution in [1.82, 2.24) is 0 Å². The summed E-state index contributed by atoms with van der Waals surface area (Å²) in [5, 5.41) is 0. The van der Waals surface area contributed by atoms with Crippen molar-refractivity contribution in [2.75, 3.05) is 18.9 Å². The lowest BCUT2D eigenvalue weighted by Crippen LogP contribution is -2.26. The minimum absolute atomic E-state index is 0.0193. The van der Waals surface area contributed by atoms with Crippen LogP contribution in [0.25, 0.3) is 0 Å². The molecule has 2 rings (SSSR count). The SMILES string of the molecule is Cc1cc(C(=O)OC2CCOCC2)ccc1N. The molecule has 4 nitrogen and oxygen atoms in total. The van der Waals surface area contributed by atoms with Crippen LogP contribution < -0.4 is 5.73 Å². The van der Waals surface area contributed by atoms with Crippen molar-refractivity contribution in [1.29, 1.82) is 0 Å². The van der Waals surface area contributed by atoms with Gasteiger partial charge in [-0.05, 0) is 30.7 Å². The predicted octanol–water partition coefficient (Wildman–Crippen LogP) is 1.91. The van der Waals surface area contributed by atoms with Gasteiger partial charge in [0.1, 0.15) is 6.10 Å². The Kier molecular flexibility index (Phi) is 3.64. The summed E-state index contributed by atoms with van der Waals surface area (Å²) in [7, 11) is 0. The zero-order valence-electron chi connectivity index (χ0n) is 9.94. The number of anilines is 1. The first-order valence-corrected chi connectivity index (χ1v) is 5.81. The first kappa shape index (κ1) is 11.9. The Hall–Kier alpha value is -1.55. The van der Waals surface area contributed by atoms with Gasteiger partial charge in [-0.1, -0.05) is 0 Å². The second-order valence-corrected chi connectivity index (χ2v) is 4.29. The van der Waals surface area contributed by atoms with Crippen LogP contribution in [0.2, 0.25) is 0 Å². The molecule has 0 saturated carbocycles. The van der Waals surface area contributed by atoms with Crippen LogP contribution in [0.4, 0.5) is 5.69 Å². The number of carbonyl (C=O) groups excluding carboxylic acids is 1. The third-order valence-corrected chi connectivity index (χ3v) is 2.95. The van der Waals surface area contributed by atoms with E-state index in [4.69, 9.17) is 15.2 Å². The topological polar surface area (TPSA) is 61.5 Å². The fraction of sp³-hybridized carbons (Fsp3) is 0.462. The zero-order valence-corrected chi connectivity index (χ0v) is 9.94. The van der Waals surface area contributed by atoms with Gasteiger partial charge in [-0.15, -0.1) is 0 Å². The minimum atomic E-state index is -0.278. The maximum absolute atomic E-state index is 11.9. The van der Waals surface area contributed by atoms with Crippen molar-refractivity contribution in [3.8, 4) is 0 Å². The van der Waals surface area contributed by atoms with Crippen molar-refractivity contribution < 1.29 is 14.3 Å². The average molecular weight is 235 g/mol. The van der Waals surface area contributed by atoms with Crippen molar-refractivity contribution in [2.45, 2.75) is 25.9 Å². The molecule has 0 spiro atoms. The van der Waals surface area contributed by atoms with E-state index >= 15 is 0 Å². The zero-order chi connectivity index (χ0) is 12.3. The van der Waals surface area contributed by atoms with E-state index in [1.807, 2.05) is 6.92 Å². The van der Waals surface area contributed by atoms with Gasteiger partial charge in [0.05, 0.1) is 18.8 Å². The van der Waals surface area contributed by atoms with E-state index in [0.29, 0.717) is 24.5 Å². The van der Waals surface area contributed by atoms with Crippen molar-refractivity contribution >= 4 is 11.7 Å². The number of rotatable bonds is 2. The maximum atomic E-state index is 11.9. The van der Waals surface area contributed by atoms with Gasteiger partial charge in [0.2, 0.25) is 0 Å². The van der Waals surface area contributed by atoms with Gasteiger partial charge in [0.15, 0.2) is 0 Å². The van der Waals surface area contributed by atoms with Gasteiger partial charge < -0.3 is 15.2 Å². The molecule has 0 bridgehead atoms. The molecule has 1 fully saturated rings. The Balaban J connectivity index is 2.01. The number of benzene rings is 1. The summed E-state index contributed by atoms with van der Waals surface area (Å²) in [6.07, 6.45) is 1.54. The number of carbonyl (C=O) groups is 1. The summed E-state index contributed by atoms with van der Waals surface area (Å²) in [4.78, 5) is 11.9. The molecule has 0 atom stereocenters. The van der Waals surface area contributed by atoms with E-state index in [1.54, 1.807) is 18.2 Å². The number of hydrogen-bond acceptors (Lipinski definition) is 4. The standard InChI is InChI=1S/C13H17NO3/c1-9-8-10(2-3-12(9)14)13(15)17-11-4-6-16-7-5-11/h2-3,8,11H,4-7,14H2,1H3. The molecule has 92 valence electrons. The normalized spacial score (nSPS) is 16.8. The lowest BCUT2D eigenvalue weighted by atomic mass is 10.1. The molecule has 1 aliphatic rings. The Labute approximate surface area is 101 Å². The quantitative estimate of drug-likeness (QED) is 0.628. The first-order chi connectivity index (χ1) is 8.16. The second kappa shape index (κ2) is 5.19. The van der Waals surface area contributed by atoms with Crippen molar-refractivity contribution in [3.63, 3.8) is 0 Å². The smallest absolute Gasteiger partial charge is 0.338 e. The largest absolute Gasteiger partial charge is 0.459 e. The summed E-state index contributed by atoms with van der Waals surface area (Å²) < 4.78 is 10.6. The second-order valence-electron chi connectivity index (χ2n) is 4.29. The van der Waals surface area contributed by atoms with Crippen LogP contribution >= 0.6 is 0 Å². The number of ether oxygens (including phenoxy) is 2. The van der Waals surface area contributed by atoms with Crippen LogP contribution in [0.1, 0.15) is 28.8 Å². The van der Waals surface area contributed by atoms with E-state index in [1.165, 1.54) is 0 Å². The Bertz CT molecular complexity index is 411. The van der Waals surface area contributed by atoms with E-state index in [0.717, 1.165) is 18.4 Å². The molecule has 17 heavy (non-hydrogen) atoms. The molecule has 1 saturated heterocycles. The highest BCUT2D eigenvalue weighted by molar-refractivity contribution is 5.90. The van der Waals surface area contributed by atoms with E-state index in [2.05, 4.69) is 0 Å². The Morgan fingerprint density at radius 1 is 1.41 bits per heavy atom. The number of nitrogen functional groups attached to an aromatic ring is 1. The molecule has 0 aromatic heterocycles. The van der Waals surface area contributed by atoms with Gasteiger partial charge >= 0.3 is 5.97 Å². The average Bonchev–Trinajstić information content (AvgIpc) is 2.34. The van der Waals surface area contributed by atoms with Gasteiger partial charge in [-0.25, -0.2) is 4.79 Å². The van der Waals surface area contributed by atoms with E-state index < -0.39 is 0 Å².